The maximum absolute atomic E-state index is 13.5. The van der Waals surface area contributed by atoms with Crippen molar-refractivity contribution in [2.24, 2.45) is 0 Å². The summed E-state index contributed by atoms with van der Waals surface area (Å²) >= 11 is 0. The maximum Gasteiger partial charge on any atom is 0.168 e. The first-order valence-electron chi connectivity index (χ1n) is 7.59. The molecule has 126 valence electrons. The van der Waals surface area contributed by atoms with Crippen molar-refractivity contribution in [3.05, 3.63) is 42.1 Å². The maximum atomic E-state index is 13.5. The van der Waals surface area contributed by atoms with Gasteiger partial charge in [0, 0.05) is 6.54 Å². The second kappa shape index (κ2) is 7.33. The fourth-order valence-electron chi connectivity index (χ4n) is 2.45. The molecule has 0 radical (unpaired) electrons. The SMILES string of the molecule is Cc1nn(-c2cccc(F)c2)c2ncnc(NCCOCCO)c12. The molecular formula is C16H18FN5O2. The summed E-state index contributed by atoms with van der Waals surface area (Å²) in [5, 5.41) is 17.1. The van der Waals surface area contributed by atoms with Crippen LogP contribution in [0.2, 0.25) is 0 Å². The normalized spacial score (nSPS) is 11.1. The van der Waals surface area contributed by atoms with Crippen LogP contribution in [0.3, 0.4) is 0 Å². The minimum Gasteiger partial charge on any atom is -0.394 e. The molecule has 0 bridgehead atoms. The van der Waals surface area contributed by atoms with Crippen molar-refractivity contribution in [1.82, 2.24) is 19.7 Å². The van der Waals surface area contributed by atoms with Gasteiger partial charge >= 0.3 is 0 Å². The van der Waals surface area contributed by atoms with Gasteiger partial charge in [0.05, 0.1) is 36.6 Å². The van der Waals surface area contributed by atoms with E-state index in [1.165, 1.54) is 18.5 Å². The van der Waals surface area contributed by atoms with Gasteiger partial charge in [-0.1, -0.05) is 6.07 Å². The van der Waals surface area contributed by atoms with Crippen molar-refractivity contribution in [1.29, 1.82) is 0 Å². The number of anilines is 1. The number of ether oxygens (including phenoxy) is 1. The zero-order valence-corrected chi connectivity index (χ0v) is 13.2. The number of fused-ring (bicyclic) bond motifs is 1. The Morgan fingerprint density at radius 1 is 1.29 bits per heavy atom. The van der Waals surface area contributed by atoms with Gasteiger partial charge in [-0.2, -0.15) is 5.10 Å². The Kier molecular flexibility index (Phi) is 4.97. The lowest BCUT2D eigenvalue weighted by molar-refractivity contribution is 0.0992. The third kappa shape index (κ3) is 3.34. The Morgan fingerprint density at radius 3 is 2.96 bits per heavy atom. The largest absolute Gasteiger partial charge is 0.394 e. The molecular weight excluding hydrogens is 313 g/mol. The predicted molar refractivity (Wildman–Crippen MR) is 87.7 cm³/mol. The Bertz CT molecular complexity index is 836. The Balaban J connectivity index is 1.90. The molecule has 0 aliphatic rings. The Hall–Kier alpha value is -2.58. The van der Waals surface area contributed by atoms with Gasteiger partial charge in [0.15, 0.2) is 5.65 Å². The molecule has 0 saturated carbocycles. The van der Waals surface area contributed by atoms with Gasteiger partial charge in [-0.15, -0.1) is 0 Å². The highest BCUT2D eigenvalue weighted by atomic mass is 19.1. The van der Waals surface area contributed by atoms with Gasteiger partial charge in [-0.25, -0.2) is 19.0 Å². The topological polar surface area (TPSA) is 85.1 Å². The summed E-state index contributed by atoms with van der Waals surface area (Å²) in [5.74, 6) is 0.315. The monoisotopic (exact) mass is 331 g/mol. The van der Waals surface area contributed by atoms with E-state index in [2.05, 4.69) is 20.4 Å². The first kappa shape index (κ1) is 16.3. The molecule has 0 atom stereocenters. The molecule has 2 N–H and O–H groups in total. The van der Waals surface area contributed by atoms with Gasteiger partial charge in [-0.3, -0.25) is 0 Å². The fraction of sp³-hybridized carbons (Fsp3) is 0.312. The van der Waals surface area contributed by atoms with Crippen LogP contribution in [-0.2, 0) is 4.74 Å². The molecule has 0 spiro atoms. The van der Waals surface area contributed by atoms with E-state index in [9.17, 15) is 4.39 Å². The summed E-state index contributed by atoms with van der Waals surface area (Å²) in [7, 11) is 0. The Morgan fingerprint density at radius 2 is 2.17 bits per heavy atom. The first-order chi connectivity index (χ1) is 11.7. The average molecular weight is 331 g/mol. The van der Waals surface area contributed by atoms with E-state index in [0.29, 0.717) is 36.9 Å². The molecule has 0 fully saturated rings. The van der Waals surface area contributed by atoms with Crippen LogP contribution in [0.1, 0.15) is 5.69 Å². The number of halogens is 1. The first-order valence-corrected chi connectivity index (χ1v) is 7.59. The van der Waals surface area contributed by atoms with Gasteiger partial charge in [-0.05, 0) is 25.1 Å². The lowest BCUT2D eigenvalue weighted by Crippen LogP contribution is -2.12. The number of nitrogens with zero attached hydrogens (tertiary/aromatic N) is 4. The number of hydrogen-bond donors (Lipinski definition) is 2. The molecule has 0 aliphatic heterocycles. The summed E-state index contributed by atoms with van der Waals surface area (Å²) in [4.78, 5) is 8.54. The highest BCUT2D eigenvalue weighted by molar-refractivity contribution is 5.90. The second-order valence-electron chi connectivity index (χ2n) is 5.16. The van der Waals surface area contributed by atoms with E-state index in [-0.39, 0.29) is 12.4 Å². The van der Waals surface area contributed by atoms with Crippen LogP contribution in [0.15, 0.2) is 30.6 Å². The van der Waals surface area contributed by atoms with E-state index in [1.807, 2.05) is 6.92 Å². The molecule has 1 aromatic carbocycles. The number of aryl methyl sites for hydroxylation is 1. The van der Waals surface area contributed by atoms with Crippen LogP contribution in [0, 0.1) is 12.7 Å². The molecule has 0 amide bonds. The van der Waals surface area contributed by atoms with E-state index in [0.717, 1.165) is 11.1 Å². The quantitative estimate of drug-likeness (QED) is 0.641. The van der Waals surface area contributed by atoms with E-state index >= 15 is 0 Å². The molecule has 3 aromatic rings. The summed E-state index contributed by atoms with van der Waals surface area (Å²) in [6.45, 7) is 3.14. The van der Waals surface area contributed by atoms with Crippen LogP contribution in [0.5, 0.6) is 0 Å². The van der Waals surface area contributed by atoms with Crippen molar-refractivity contribution in [2.75, 3.05) is 31.7 Å². The van der Waals surface area contributed by atoms with Gasteiger partial charge < -0.3 is 15.2 Å². The standard InChI is InChI=1S/C16H18FN5O2/c1-11-14-15(18-5-7-24-8-6-23)19-10-20-16(14)22(21-11)13-4-2-3-12(17)9-13/h2-4,9-10,23H,5-8H2,1H3,(H,18,19,20). The number of nitrogens with one attached hydrogen (secondary N) is 1. The van der Waals surface area contributed by atoms with Crippen molar-refractivity contribution < 1.29 is 14.2 Å². The molecule has 2 aromatic heterocycles. The molecule has 7 nitrogen and oxygen atoms in total. The molecule has 3 rings (SSSR count). The molecule has 2 heterocycles. The minimum absolute atomic E-state index is 0.00271. The highest BCUT2D eigenvalue weighted by Gasteiger charge is 2.15. The van der Waals surface area contributed by atoms with Crippen LogP contribution < -0.4 is 5.32 Å². The van der Waals surface area contributed by atoms with E-state index in [1.54, 1.807) is 16.8 Å². The molecule has 24 heavy (non-hydrogen) atoms. The Labute approximate surface area is 138 Å². The van der Waals surface area contributed by atoms with Gasteiger partial charge in [0.1, 0.15) is 18.0 Å². The summed E-state index contributed by atoms with van der Waals surface area (Å²) < 4.78 is 20.3. The van der Waals surface area contributed by atoms with Gasteiger partial charge in [0.2, 0.25) is 0 Å². The van der Waals surface area contributed by atoms with Crippen molar-refractivity contribution >= 4 is 16.9 Å². The second-order valence-corrected chi connectivity index (χ2v) is 5.16. The lowest BCUT2D eigenvalue weighted by atomic mass is 10.3. The number of benzene rings is 1. The number of aliphatic hydroxyl groups excluding tert-OH is 1. The fourth-order valence-corrected chi connectivity index (χ4v) is 2.45. The van der Waals surface area contributed by atoms with Crippen molar-refractivity contribution in [3.8, 4) is 5.69 Å². The lowest BCUT2D eigenvalue weighted by Gasteiger charge is -2.07. The number of aromatic nitrogens is 4. The van der Waals surface area contributed by atoms with Crippen LogP contribution >= 0.6 is 0 Å². The van der Waals surface area contributed by atoms with Crippen LogP contribution in [-0.4, -0.2) is 51.2 Å². The summed E-state index contributed by atoms with van der Waals surface area (Å²) in [6.07, 6.45) is 1.44. The average Bonchev–Trinajstić information content (AvgIpc) is 2.93. The molecule has 0 aliphatic carbocycles. The van der Waals surface area contributed by atoms with Crippen molar-refractivity contribution in [3.63, 3.8) is 0 Å². The molecule has 0 unspecified atom stereocenters. The van der Waals surface area contributed by atoms with Gasteiger partial charge in [0.25, 0.3) is 0 Å². The minimum atomic E-state index is -0.331. The number of aliphatic hydroxyl groups is 1. The van der Waals surface area contributed by atoms with E-state index < -0.39 is 0 Å². The zero-order valence-electron chi connectivity index (χ0n) is 13.2. The third-order valence-corrected chi connectivity index (χ3v) is 3.47. The third-order valence-electron chi connectivity index (χ3n) is 3.47. The van der Waals surface area contributed by atoms with Crippen LogP contribution in [0.4, 0.5) is 10.2 Å². The summed E-state index contributed by atoms with van der Waals surface area (Å²) in [5.41, 5.74) is 1.95. The molecule has 0 saturated heterocycles. The predicted octanol–water partition coefficient (Wildman–Crippen LogP) is 1.68. The summed E-state index contributed by atoms with van der Waals surface area (Å²) in [6, 6.07) is 6.19. The van der Waals surface area contributed by atoms with Crippen LogP contribution in [0.25, 0.3) is 16.7 Å². The van der Waals surface area contributed by atoms with E-state index in [4.69, 9.17) is 9.84 Å². The number of rotatable bonds is 7. The zero-order chi connectivity index (χ0) is 16.9. The molecule has 8 heteroatoms. The van der Waals surface area contributed by atoms with Crippen molar-refractivity contribution in [2.45, 2.75) is 6.92 Å². The highest BCUT2D eigenvalue weighted by Crippen LogP contribution is 2.25. The number of hydrogen-bond acceptors (Lipinski definition) is 6. The smallest absolute Gasteiger partial charge is 0.168 e.